The van der Waals surface area contributed by atoms with Gasteiger partial charge in [-0.2, -0.15) is 5.10 Å². The van der Waals surface area contributed by atoms with Crippen LogP contribution >= 0.6 is 0 Å². The second-order valence-corrected chi connectivity index (χ2v) is 6.71. The molecule has 4 nitrogen and oxygen atoms in total. The Hall–Kier alpha value is -0.870. The van der Waals surface area contributed by atoms with E-state index < -0.39 is 0 Å². The second kappa shape index (κ2) is 6.09. The number of fused-ring (bicyclic) bond motifs is 1. The van der Waals surface area contributed by atoms with Crippen LogP contribution in [0.25, 0.3) is 0 Å². The first-order valence-electron chi connectivity index (χ1n) is 8.58. The molecule has 1 saturated heterocycles. The van der Waals surface area contributed by atoms with E-state index in [1.54, 1.807) is 0 Å². The molecule has 2 heterocycles. The van der Waals surface area contributed by atoms with Crippen LogP contribution in [0, 0.1) is 0 Å². The number of hydrogen-bond acceptors (Lipinski definition) is 3. The van der Waals surface area contributed by atoms with Crippen molar-refractivity contribution in [2.45, 2.75) is 76.5 Å². The van der Waals surface area contributed by atoms with Gasteiger partial charge in [-0.05, 0) is 44.9 Å². The minimum atomic E-state index is 0.0996. The molecular weight excluding hydrogens is 262 g/mol. The summed E-state index contributed by atoms with van der Waals surface area (Å²) in [4.78, 5) is 0. The summed E-state index contributed by atoms with van der Waals surface area (Å²) in [5.41, 5.74) is 2.94. The summed E-state index contributed by atoms with van der Waals surface area (Å²) in [6, 6.07) is 1.06. The molecule has 1 aromatic rings. The standard InChI is InChI=1S/C17H29N3O/c1-4-17(5-2)11-13(9-10-21-17)19-15-7-6-8-16-14(15)12-18-20(16)3/h12-13,15,19H,4-11H2,1-3H3. The average molecular weight is 291 g/mol. The minimum Gasteiger partial charge on any atom is -0.375 e. The molecule has 4 heteroatoms. The van der Waals surface area contributed by atoms with E-state index in [-0.39, 0.29) is 5.60 Å². The molecule has 0 bridgehead atoms. The van der Waals surface area contributed by atoms with Gasteiger partial charge in [0, 0.05) is 37.0 Å². The van der Waals surface area contributed by atoms with E-state index in [0.717, 1.165) is 32.3 Å². The van der Waals surface area contributed by atoms with E-state index in [0.29, 0.717) is 12.1 Å². The van der Waals surface area contributed by atoms with Gasteiger partial charge in [-0.1, -0.05) is 13.8 Å². The van der Waals surface area contributed by atoms with Gasteiger partial charge >= 0.3 is 0 Å². The lowest BCUT2D eigenvalue weighted by Crippen LogP contribution is -2.47. The monoisotopic (exact) mass is 291 g/mol. The van der Waals surface area contributed by atoms with Gasteiger partial charge in [0.25, 0.3) is 0 Å². The van der Waals surface area contributed by atoms with Crippen molar-refractivity contribution in [1.82, 2.24) is 15.1 Å². The van der Waals surface area contributed by atoms with Crippen LogP contribution in [-0.2, 0) is 18.2 Å². The summed E-state index contributed by atoms with van der Waals surface area (Å²) in [5, 5.41) is 8.37. The third-order valence-corrected chi connectivity index (χ3v) is 5.59. The summed E-state index contributed by atoms with van der Waals surface area (Å²) >= 11 is 0. The number of hydrogen-bond donors (Lipinski definition) is 1. The smallest absolute Gasteiger partial charge is 0.0692 e. The van der Waals surface area contributed by atoms with E-state index in [1.807, 2.05) is 0 Å². The summed E-state index contributed by atoms with van der Waals surface area (Å²) < 4.78 is 8.15. The third kappa shape index (κ3) is 2.88. The van der Waals surface area contributed by atoms with Crippen LogP contribution < -0.4 is 5.32 Å². The van der Waals surface area contributed by atoms with E-state index in [2.05, 4.69) is 42.2 Å². The Labute approximate surface area is 128 Å². The highest BCUT2D eigenvalue weighted by molar-refractivity contribution is 5.24. The largest absolute Gasteiger partial charge is 0.375 e. The topological polar surface area (TPSA) is 39.1 Å². The number of rotatable bonds is 4. The maximum absolute atomic E-state index is 6.10. The van der Waals surface area contributed by atoms with E-state index in [4.69, 9.17) is 4.74 Å². The number of nitrogens with one attached hydrogen (secondary N) is 1. The fourth-order valence-corrected chi connectivity index (χ4v) is 4.08. The fourth-order valence-electron chi connectivity index (χ4n) is 4.08. The highest BCUT2D eigenvalue weighted by Crippen LogP contribution is 2.35. The molecule has 3 rings (SSSR count). The molecule has 21 heavy (non-hydrogen) atoms. The van der Waals surface area contributed by atoms with Crippen molar-refractivity contribution in [3.63, 3.8) is 0 Å². The minimum absolute atomic E-state index is 0.0996. The van der Waals surface area contributed by atoms with Crippen LogP contribution in [0.15, 0.2) is 6.20 Å². The third-order valence-electron chi connectivity index (χ3n) is 5.59. The van der Waals surface area contributed by atoms with Crippen LogP contribution in [0.3, 0.4) is 0 Å². The lowest BCUT2D eigenvalue weighted by Gasteiger charge is -2.42. The van der Waals surface area contributed by atoms with Crippen molar-refractivity contribution in [2.24, 2.45) is 7.05 Å². The number of aromatic nitrogens is 2. The van der Waals surface area contributed by atoms with Crippen LogP contribution in [-0.4, -0.2) is 28.0 Å². The number of ether oxygens (including phenoxy) is 1. The van der Waals surface area contributed by atoms with Crippen LogP contribution in [0.2, 0.25) is 0 Å². The van der Waals surface area contributed by atoms with Gasteiger partial charge in [0.15, 0.2) is 0 Å². The molecule has 0 radical (unpaired) electrons. The molecule has 1 aliphatic carbocycles. The van der Waals surface area contributed by atoms with Crippen LogP contribution in [0.4, 0.5) is 0 Å². The van der Waals surface area contributed by atoms with Gasteiger partial charge in [0.2, 0.25) is 0 Å². The molecule has 1 aromatic heterocycles. The number of nitrogens with zero attached hydrogens (tertiary/aromatic N) is 2. The summed E-state index contributed by atoms with van der Waals surface area (Å²) in [6.07, 6.45) is 10.3. The lowest BCUT2D eigenvalue weighted by molar-refractivity contribution is -0.0943. The zero-order valence-electron chi connectivity index (χ0n) is 13.7. The SMILES string of the molecule is CCC1(CC)CC(NC2CCCc3c2cnn3C)CCO1. The first-order chi connectivity index (χ1) is 10.2. The molecule has 2 unspecified atom stereocenters. The zero-order chi connectivity index (χ0) is 14.9. The van der Waals surface area contributed by atoms with E-state index in [1.165, 1.54) is 30.5 Å². The highest BCUT2D eigenvalue weighted by Gasteiger charge is 2.36. The Morgan fingerprint density at radius 3 is 2.95 bits per heavy atom. The Morgan fingerprint density at radius 2 is 2.19 bits per heavy atom. The van der Waals surface area contributed by atoms with Crippen LogP contribution in [0.1, 0.15) is 69.7 Å². The predicted octanol–water partition coefficient (Wildman–Crippen LogP) is 3.12. The molecule has 1 aliphatic heterocycles. The zero-order valence-corrected chi connectivity index (χ0v) is 13.7. The molecule has 1 fully saturated rings. The predicted molar refractivity (Wildman–Crippen MR) is 84.3 cm³/mol. The quantitative estimate of drug-likeness (QED) is 0.926. The highest BCUT2D eigenvalue weighted by atomic mass is 16.5. The summed E-state index contributed by atoms with van der Waals surface area (Å²) in [7, 11) is 2.06. The maximum atomic E-state index is 6.10. The Bertz CT molecular complexity index is 478. The van der Waals surface area contributed by atoms with Crippen molar-refractivity contribution < 1.29 is 4.74 Å². The number of aryl methyl sites for hydroxylation is 1. The lowest BCUT2D eigenvalue weighted by atomic mass is 9.84. The average Bonchev–Trinajstić information content (AvgIpc) is 2.90. The molecule has 2 aliphatic rings. The molecule has 118 valence electrons. The van der Waals surface area contributed by atoms with Gasteiger partial charge in [-0.3, -0.25) is 4.68 Å². The fraction of sp³-hybridized carbons (Fsp3) is 0.824. The van der Waals surface area contributed by atoms with Gasteiger partial charge in [0.1, 0.15) is 0 Å². The Morgan fingerprint density at radius 1 is 1.38 bits per heavy atom. The molecule has 0 spiro atoms. The van der Waals surface area contributed by atoms with Crippen molar-refractivity contribution in [2.75, 3.05) is 6.61 Å². The molecule has 1 N–H and O–H groups in total. The molecular formula is C17H29N3O. The summed E-state index contributed by atoms with van der Waals surface area (Å²) in [5.74, 6) is 0. The van der Waals surface area contributed by atoms with Crippen LogP contribution in [0.5, 0.6) is 0 Å². The maximum Gasteiger partial charge on any atom is 0.0692 e. The molecule has 0 saturated carbocycles. The van der Waals surface area contributed by atoms with Gasteiger partial charge in [0.05, 0.1) is 11.8 Å². The molecule has 0 aromatic carbocycles. The van der Waals surface area contributed by atoms with E-state index in [9.17, 15) is 0 Å². The second-order valence-electron chi connectivity index (χ2n) is 6.71. The Kier molecular flexibility index (Phi) is 4.36. The van der Waals surface area contributed by atoms with E-state index >= 15 is 0 Å². The summed E-state index contributed by atoms with van der Waals surface area (Å²) in [6.45, 7) is 5.41. The normalized spacial score (nSPS) is 28.3. The first kappa shape index (κ1) is 15.0. The van der Waals surface area contributed by atoms with Crippen molar-refractivity contribution >= 4 is 0 Å². The Balaban J connectivity index is 1.70. The van der Waals surface area contributed by atoms with Gasteiger partial charge in [-0.15, -0.1) is 0 Å². The van der Waals surface area contributed by atoms with Crippen molar-refractivity contribution in [3.8, 4) is 0 Å². The van der Waals surface area contributed by atoms with Crippen molar-refractivity contribution in [3.05, 3.63) is 17.5 Å². The van der Waals surface area contributed by atoms with Crippen molar-refractivity contribution in [1.29, 1.82) is 0 Å². The first-order valence-corrected chi connectivity index (χ1v) is 8.58. The molecule has 0 amide bonds. The van der Waals surface area contributed by atoms with Gasteiger partial charge in [-0.25, -0.2) is 0 Å². The van der Waals surface area contributed by atoms with Gasteiger partial charge < -0.3 is 10.1 Å². The molecule has 2 atom stereocenters.